The third kappa shape index (κ3) is 4.45. The lowest BCUT2D eigenvalue weighted by molar-refractivity contribution is -0.124. The predicted octanol–water partition coefficient (Wildman–Crippen LogP) is -0.220. The first-order valence-corrected chi connectivity index (χ1v) is 4.32. The van der Waals surface area contributed by atoms with Crippen LogP contribution >= 0.6 is 12.4 Å². The third-order valence-corrected chi connectivity index (χ3v) is 2.04. The number of hydrogen-bond acceptors (Lipinski definition) is 3. The molecule has 1 aliphatic rings. The van der Waals surface area contributed by atoms with Crippen LogP contribution in [0.25, 0.3) is 0 Å². The number of ether oxygens (including phenoxy) is 1. The molecule has 1 heterocycles. The lowest BCUT2D eigenvalue weighted by Crippen LogP contribution is -2.33. The molecule has 0 aromatic carbocycles. The van der Waals surface area contributed by atoms with Gasteiger partial charge in [-0.3, -0.25) is 4.79 Å². The standard InChI is InChI=1S/C8H16N2O2.ClH/c1-12-5-4-10-8(11)7-2-3-9-6-7;/h7,9H,2-6H2,1H3,(H,10,11);1H/t7-;/m0./s1. The van der Waals surface area contributed by atoms with E-state index in [-0.39, 0.29) is 24.2 Å². The molecular formula is C8H17ClN2O2. The van der Waals surface area contributed by atoms with E-state index in [4.69, 9.17) is 4.74 Å². The van der Waals surface area contributed by atoms with Gasteiger partial charge in [-0.05, 0) is 13.0 Å². The van der Waals surface area contributed by atoms with Gasteiger partial charge in [0.15, 0.2) is 0 Å². The van der Waals surface area contributed by atoms with E-state index < -0.39 is 0 Å². The fourth-order valence-electron chi connectivity index (χ4n) is 1.30. The van der Waals surface area contributed by atoms with Crippen LogP contribution in [-0.2, 0) is 9.53 Å². The van der Waals surface area contributed by atoms with E-state index in [2.05, 4.69) is 10.6 Å². The van der Waals surface area contributed by atoms with Gasteiger partial charge in [0.05, 0.1) is 12.5 Å². The molecule has 0 unspecified atom stereocenters. The van der Waals surface area contributed by atoms with Gasteiger partial charge in [-0.15, -0.1) is 12.4 Å². The summed E-state index contributed by atoms with van der Waals surface area (Å²) < 4.78 is 4.82. The smallest absolute Gasteiger partial charge is 0.224 e. The number of nitrogens with one attached hydrogen (secondary N) is 2. The van der Waals surface area contributed by atoms with Gasteiger partial charge in [-0.1, -0.05) is 0 Å². The largest absolute Gasteiger partial charge is 0.383 e. The van der Waals surface area contributed by atoms with Crippen molar-refractivity contribution in [1.29, 1.82) is 0 Å². The molecule has 78 valence electrons. The van der Waals surface area contributed by atoms with Gasteiger partial charge in [0, 0.05) is 20.2 Å². The fourth-order valence-corrected chi connectivity index (χ4v) is 1.30. The first kappa shape index (κ1) is 12.7. The van der Waals surface area contributed by atoms with Crippen LogP contribution in [0.15, 0.2) is 0 Å². The van der Waals surface area contributed by atoms with E-state index in [0.29, 0.717) is 13.2 Å². The Morgan fingerprint density at radius 3 is 3.00 bits per heavy atom. The Kier molecular flexibility index (Phi) is 6.94. The molecule has 1 fully saturated rings. The molecule has 0 aliphatic carbocycles. The molecule has 2 N–H and O–H groups in total. The average molecular weight is 209 g/mol. The summed E-state index contributed by atoms with van der Waals surface area (Å²) in [6, 6.07) is 0. The molecule has 0 bridgehead atoms. The zero-order valence-electron chi connectivity index (χ0n) is 7.84. The van der Waals surface area contributed by atoms with Crippen molar-refractivity contribution in [3.05, 3.63) is 0 Å². The van der Waals surface area contributed by atoms with E-state index in [1.807, 2.05) is 0 Å². The monoisotopic (exact) mass is 208 g/mol. The lowest BCUT2D eigenvalue weighted by Gasteiger charge is -2.08. The topological polar surface area (TPSA) is 50.4 Å². The van der Waals surface area contributed by atoms with E-state index in [1.165, 1.54) is 0 Å². The van der Waals surface area contributed by atoms with Crippen molar-refractivity contribution in [3.8, 4) is 0 Å². The van der Waals surface area contributed by atoms with Gasteiger partial charge in [-0.2, -0.15) is 0 Å². The molecule has 4 nitrogen and oxygen atoms in total. The molecule has 1 amide bonds. The van der Waals surface area contributed by atoms with Crippen LogP contribution < -0.4 is 10.6 Å². The molecule has 0 spiro atoms. The van der Waals surface area contributed by atoms with Crippen LogP contribution in [0.5, 0.6) is 0 Å². The average Bonchev–Trinajstić information content (AvgIpc) is 2.56. The molecule has 1 atom stereocenters. The number of rotatable bonds is 4. The zero-order valence-corrected chi connectivity index (χ0v) is 8.65. The molecule has 13 heavy (non-hydrogen) atoms. The number of halogens is 1. The number of amides is 1. The summed E-state index contributed by atoms with van der Waals surface area (Å²) in [6.07, 6.45) is 0.957. The maximum Gasteiger partial charge on any atom is 0.224 e. The first-order valence-electron chi connectivity index (χ1n) is 4.32. The van der Waals surface area contributed by atoms with Crippen molar-refractivity contribution in [2.24, 2.45) is 5.92 Å². The minimum Gasteiger partial charge on any atom is -0.383 e. The molecule has 1 rings (SSSR count). The highest BCUT2D eigenvalue weighted by Gasteiger charge is 2.21. The van der Waals surface area contributed by atoms with Gasteiger partial charge in [0.1, 0.15) is 0 Å². The van der Waals surface area contributed by atoms with Gasteiger partial charge >= 0.3 is 0 Å². The molecular weight excluding hydrogens is 192 g/mol. The Balaban J connectivity index is 0.00000144. The maximum atomic E-state index is 11.3. The van der Waals surface area contributed by atoms with Crippen molar-refractivity contribution < 1.29 is 9.53 Å². The molecule has 0 aromatic heterocycles. The molecule has 1 saturated heterocycles. The number of hydrogen-bond donors (Lipinski definition) is 2. The molecule has 0 radical (unpaired) electrons. The SMILES string of the molecule is COCCNC(=O)[C@H]1CCNC1.Cl. The highest BCUT2D eigenvalue weighted by Crippen LogP contribution is 2.06. The summed E-state index contributed by atoms with van der Waals surface area (Å²) in [6.45, 7) is 2.99. The Bertz CT molecular complexity index is 149. The number of methoxy groups -OCH3 is 1. The van der Waals surface area contributed by atoms with Crippen molar-refractivity contribution in [3.63, 3.8) is 0 Å². The minimum atomic E-state index is 0. The maximum absolute atomic E-state index is 11.3. The van der Waals surface area contributed by atoms with Crippen LogP contribution in [0.1, 0.15) is 6.42 Å². The van der Waals surface area contributed by atoms with E-state index in [9.17, 15) is 4.79 Å². The summed E-state index contributed by atoms with van der Waals surface area (Å²) in [5.41, 5.74) is 0. The Morgan fingerprint density at radius 1 is 1.69 bits per heavy atom. The zero-order chi connectivity index (χ0) is 8.81. The second-order valence-corrected chi connectivity index (χ2v) is 2.97. The third-order valence-electron chi connectivity index (χ3n) is 2.04. The predicted molar refractivity (Wildman–Crippen MR) is 53.1 cm³/mol. The number of carbonyl (C=O) groups excluding carboxylic acids is 1. The highest BCUT2D eigenvalue weighted by atomic mass is 35.5. The normalized spacial score (nSPS) is 20.8. The Labute approximate surface area is 84.8 Å². The lowest BCUT2D eigenvalue weighted by atomic mass is 10.1. The second kappa shape index (κ2) is 7.12. The summed E-state index contributed by atoms with van der Waals surface area (Å²) in [7, 11) is 1.63. The van der Waals surface area contributed by atoms with Crippen molar-refractivity contribution in [2.75, 3.05) is 33.4 Å². The summed E-state index contributed by atoms with van der Waals surface area (Å²) in [5.74, 6) is 0.318. The second-order valence-electron chi connectivity index (χ2n) is 2.97. The molecule has 5 heteroatoms. The number of carbonyl (C=O) groups is 1. The Hall–Kier alpha value is -0.320. The van der Waals surface area contributed by atoms with E-state index in [1.54, 1.807) is 7.11 Å². The van der Waals surface area contributed by atoms with Crippen molar-refractivity contribution >= 4 is 18.3 Å². The van der Waals surface area contributed by atoms with E-state index in [0.717, 1.165) is 19.5 Å². The summed E-state index contributed by atoms with van der Waals surface area (Å²) in [4.78, 5) is 11.3. The Morgan fingerprint density at radius 2 is 2.46 bits per heavy atom. The van der Waals surface area contributed by atoms with Crippen LogP contribution in [0, 0.1) is 5.92 Å². The molecule has 0 aromatic rings. The van der Waals surface area contributed by atoms with Crippen LogP contribution in [0.4, 0.5) is 0 Å². The van der Waals surface area contributed by atoms with Crippen LogP contribution in [-0.4, -0.2) is 39.3 Å². The first-order chi connectivity index (χ1) is 5.84. The van der Waals surface area contributed by atoms with Crippen molar-refractivity contribution in [1.82, 2.24) is 10.6 Å². The quantitative estimate of drug-likeness (QED) is 0.629. The molecule has 0 saturated carbocycles. The fraction of sp³-hybridized carbons (Fsp3) is 0.875. The van der Waals surface area contributed by atoms with Gasteiger partial charge in [0.25, 0.3) is 0 Å². The van der Waals surface area contributed by atoms with Crippen molar-refractivity contribution in [2.45, 2.75) is 6.42 Å². The molecule has 1 aliphatic heterocycles. The highest BCUT2D eigenvalue weighted by molar-refractivity contribution is 5.85. The summed E-state index contributed by atoms with van der Waals surface area (Å²) >= 11 is 0. The van der Waals surface area contributed by atoms with Crippen LogP contribution in [0.2, 0.25) is 0 Å². The summed E-state index contributed by atoms with van der Waals surface area (Å²) in [5, 5.41) is 5.97. The van der Waals surface area contributed by atoms with E-state index >= 15 is 0 Å². The van der Waals surface area contributed by atoms with Gasteiger partial charge < -0.3 is 15.4 Å². The van der Waals surface area contributed by atoms with Gasteiger partial charge in [0.2, 0.25) is 5.91 Å². The van der Waals surface area contributed by atoms with Gasteiger partial charge in [-0.25, -0.2) is 0 Å². The van der Waals surface area contributed by atoms with Crippen LogP contribution in [0.3, 0.4) is 0 Å². The minimum absolute atomic E-state index is 0.